The summed E-state index contributed by atoms with van der Waals surface area (Å²) in [6, 6.07) is 6.24. The minimum Gasteiger partial charge on any atom is -0.415 e. The quantitative estimate of drug-likeness (QED) is 0.325. The molecule has 5 rings (SSSR count). The molecule has 0 aliphatic carbocycles. The summed E-state index contributed by atoms with van der Waals surface area (Å²) in [5, 5.41) is 14.3. The zero-order valence-electron chi connectivity index (χ0n) is 21.0. The van der Waals surface area contributed by atoms with E-state index in [1.165, 1.54) is 33.8 Å². The molecule has 4 aromatic rings. The average Bonchev–Trinajstić information content (AvgIpc) is 3.53. The van der Waals surface area contributed by atoms with Gasteiger partial charge in [-0.15, -0.1) is 10.2 Å². The third-order valence-electron chi connectivity index (χ3n) is 6.75. The largest absolute Gasteiger partial charge is 0.415 e. The molecule has 1 aromatic carbocycles. The van der Waals surface area contributed by atoms with Crippen molar-refractivity contribution in [2.75, 3.05) is 37.6 Å². The number of nitrogens with zero attached hydrogens (tertiary/aromatic N) is 7. The zero-order chi connectivity index (χ0) is 27.7. The number of aryl methyl sites for hydroxylation is 1. The Balaban J connectivity index is 1.36. The number of hydrogen-bond acceptors (Lipinski definition) is 9. The Kier molecular flexibility index (Phi) is 7.19. The zero-order valence-corrected chi connectivity index (χ0v) is 21.0. The highest BCUT2D eigenvalue weighted by atomic mass is 19.3. The molecule has 0 radical (unpaired) electrons. The van der Waals surface area contributed by atoms with Crippen molar-refractivity contribution in [3.63, 3.8) is 0 Å². The fraction of sp³-hybridized carbons (Fsp3) is 0.320. The molecule has 0 unspecified atom stereocenters. The van der Waals surface area contributed by atoms with Crippen molar-refractivity contribution >= 4 is 22.9 Å². The average molecular weight is 542 g/mol. The summed E-state index contributed by atoms with van der Waals surface area (Å²) >= 11 is 0. The van der Waals surface area contributed by atoms with Gasteiger partial charge in [0.15, 0.2) is 0 Å². The van der Waals surface area contributed by atoms with Crippen LogP contribution >= 0.6 is 0 Å². The molecule has 0 amide bonds. The van der Waals surface area contributed by atoms with Crippen molar-refractivity contribution in [3.8, 4) is 11.5 Å². The Labute approximate surface area is 220 Å². The SMILES string of the molecule is Cn1c(=O)n(Cc2ccc(-c3nnc(C(F)F)o3)cn2)c2cc(F)c(N3CCN(C/C(C=N)=C/N)CC3)cc21. The first-order valence-electron chi connectivity index (χ1n) is 12.1. The molecule has 3 N–H and O–H groups in total. The summed E-state index contributed by atoms with van der Waals surface area (Å²) in [6.07, 6.45) is 1.16. The smallest absolute Gasteiger partial charge is 0.329 e. The van der Waals surface area contributed by atoms with Crippen LogP contribution in [0.15, 0.2) is 51.4 Å². The molecule has 1 saturated heterocycles. The van der Waals surface area contributed by atoms with Crippen LogP contribution in [0, 0.1) is 11.2 Å². The van der Waals surface area contributed by atoms with Gasteiger partial charge in [0.05, 0.1) is 34.5 Å². The van der Waals surface area contributed by atoms with E-state index in [1.807, 2.05) is 4.90 Å². The van der Waals surface area contributed by atoms with Gasteiger partial charge in [-0.25, -0.2) is 9.18 Å². The lowest BCUT2D eigenvalue weighted by Crippen LogP contribution is -2.47. The number of nitrogens with two attached hydrogens (primary N) is 1. The number of rotatable bonds is 8. The van der Waals surface area contributed by atoms with E-state index < -0.39 is 18.1 Å². The van der Waals surface area contributed by atoms with Gasteiger partial charge in [-0.2, -0.15) is 8.78 Å². The fourth-order valence-corrected chi connectivity index (χ4v) is 4.60. The lowest BCUT2D eigenvalue weighted by molar-refractivity contribution is 0.116. The molecule has 14 heteroatoms. The first-order valence-corrected chi connectivity index (χ1v) is 12.1. The number of hydrogen-bond donors (Lipinski definition) is 2. The van der Waals surface area contributed by atoms with Crippen LogP contribution in [-0.4, -0.2) is 68.2 Å². The van der Waals surface area contributed by atoms with E-state index >= 15 is 4.39 Å². The minimum atomic E-state index is -2.87. The van der Waals surface area contributed by atoms with E-state index in [0.717, 1.165) is 0 Å². The maximum absolute atomic E-state index is 15.4. The van der Waals surface area contributed by atoms with Gasteiger partial charge in [0.2, 0.25) is 5.89 Å². The van der Waals surface area contributed by atoms with E-state index in [1.54, 1.807) is 25.2 Å². The summed E-state index contributed by atoms with van der Waals surface area (Å²) in [7, 11) is 1.63. The van der Waals surface area contributed by atoms with Gasteiger partial charge in [-0.1, -0.05) is 0 Å². The van der Waals surface area contributed by atoms with Gasteiger partial charge in [0, 0.05) is 58.2 Å². The molecule has 0 atom stereocenters. The number of piperazine rings is 1. The molecule has 204 valence electrons. The van der Waals surface area contributed by atoms with Crippen molar-refractivity contribution in [1.82, 2.24) is 29.2 Å². The monoisotopic (exact) mass is 541 g/mol. The third-order valence-corrected chi connectivity index (χ3v) is 6.75. The first-order chi connectivity index (χ1) is 18.8. The fourth-order valence-electron chi connectivity index (χ4n) is 4.60. The van der Waals surface area contributed by atoms with Gasteiger partial charge < -0.3 is 20.5 Å². The van der Waals surface area contributed by atoms with Crippen LogP contribution in [0.1, 0.15) is 18.0 Å². The van der Waals surface area contributed by atoms with Crippen LogP contribution in [0.5, 0.6) is 0 Å². The highest BCUT2D eigenvalue weighted by Crippen LogP contribution is 2.27. The number of benzene rings is 1. The maximum Gasteiger partial charge on any atom is 0.329 e. The second-order valence-electron chi connectivity index (χ2n) is 9.15. The van der Waals surface area contributed by atoms with Crippen molar-refractivity contribution in [3.05, 3.63) is 70.1 Å². The number of halogens is 3. The van der Waals surface area contributed by atoms with E-state index in [4.69, 9.17) is 15.6 Å². The molecule has 1 fully saturated rings. The van der Waals surface area contributed by atoms with Crippen LogP contribution in [0.2, 0.25) is 0 Å². The molecule has 39 heavy (non-hydrogen) atoms. The van der Waals surface area contributed by atoms with Crippen molar-refractivity contribution in [2.24, 2.45) is 12.8 Å². The second-order valence-corrected chi connectivity index (χ2v) is 9.15. The molecule has 11 nitrogen and oxygen atoms in total. The van der Waals surface area contributed by atoms with Crippen molar-refractivity contribution in [2.45, 2.75) is 13.0 Å². The summed E-state index contributed by atoms with van der Waals surface area (Å²) in [5.74, 6) is -1.31. The van der Waals surface area contributed by atoms with Crippen molar-refractivity contribution in [1.29, 1.82) is 5.41 Å². The molecule has 0 spiro atoms. The number of fused-ring (bicyclic) bond motifs is 1. The molecule has 4 heterocycles. The Morgan fingerprint density at radius 3 is 2.56 bits per heavy atom. The van der Waals surface area contributed by atoms with Gasteiger partial charge in [0.25, 0.3) is 5.89 Å². The lowest BCUT2D eigenvalue weighted by atomic mass is 10.2. The molecule has 3 aromatic heterocycles. The Bertz CT molecular complexity index is 1580. The summed E-state index contributed by atoms with van der Waals surface area (Å²) in [6.45, 7) is 3.16. The number of aromatic nitrogens is 5. The van der Waals surface area contributed by atoms with Crippen LogP contribution in [0.3, 0.4) is 0 Å². The van der Waals surface area contributed by atoms with Gasteiger partial charge in [-0.05, 0) is 30.0 Å². The van der Waals surface area contributed by atoms with Crippen LogP contribution < -0.4 is 16.3 Å². The van der Waals surface area contributed by atoms with E-state index in [-0.39, 0.29) is 18.1 Å². The van der Waals surface area contributed by atoms with Gasteiger partial charge >= 0.3 is 12.1 Å². The predicted molar refractivity (Wildman–Crippen MR) is 138 cm³/mol. The highest BCUT2D eigenvalue weighted by molar-refractivity contribution is 5.81. The maximum atomic E-state index is 15.4. The van der Waals surface area contributed by atoms with E-state index in [9.17, 15) is 13.6 Å². The number of alkyl halides is 2. The summed E-state index contributed by atoms with van der Waals surface area (Å²) in [5.41, 5.74) is 8.21. The van der Waals surface area contributed by atoms with Crippen molar-refractivity contribution < 1.29 is 17.6 Å². The number of nitrogens with one attached hydrogen (secondary N) is 1. The normalized spacial score (nSPS) is 15.0. The molecule has 1 aliphatic heterocycles. The van der Waals surface area contributed by atoms with Gasteiger partial charge in [-0.3, -0.25) is 19.0 Å². The standard InChI is InChI=1S/C25H26F3N9O2/c1-34-20-9-19(36-6-4-35(5-7-36)13-15(10-29)11-30)18(26)8-21(20)37(25(34)38)14-17-3-2-16(12-31-17)23-32-33-24(39-23)22(27)28/h2-3,8-12,22,29H,4-7,13-14,30H2,1H3/b15-11+,29-10?. The topological polar surface area (TPSA) is 135 Å². The first kappa shape index (κ1) is 26.2. The minimum absolute atomic E-state index is 0.0735. The molecule has 0 bridgehead atoms. The Morgan fingerprint density at radius 2 is 1.95 bits per heavy atom. The lowest BCUT2D eigenvalue weighted by Gasteiger charge is -2.36. The van der Waals surface area contributed by atoms with Crippen LogP contribution in [-0.2, 0) is 13.6 Å². The summed E-state index contributed by atoms with van der Waals surface area (Å²) in [4.78, 5) is 21.5. The van der Waals surface area contributed by atoms with E-state index in [0.29, 0.717) is 66.3 Å². The predicted octanol–water partition coefficient (Wildman–Crippen LogP) is 2.52. The molecule has 1 aliphatic rings. The Hall–Kier alpha value is -4.46. The van der Waals surface area contributed by atoms with Gasteiger partial charge in [0.1, 0.15) is 5.82 Å². The van der Waals surface area contributed by atoms with Crippen LogP contribution in [0.25, 0.3) is 22.5 Å². The highest BCUT2D eigenvalue weighted by Gasteiger charge is 2.23. The second kappa shape index (κ2) is 10.7. The Morgan fingerprint density at radius 1 is 1.18 bits per heavy atom. The number of imidazole rings is 1. The summed E-state index contributed by atoms with van der Waals surface area (Å²) < 4.78 is 48.6. The molecular formula is C25H26F3N9O2. The van der Waals surface area contributed by atoms with E-state index in [2.05, 4.69) is 20.1 Å². The third kappa shape index (κ3) is 5.14. The molecular weight excluding hydrogens is 515 g/mol. The number of anilines is 1. The number of pyridine rings is 1. The molecule has 0 saturated carbocycles. The van der Waals surface area contributed by atoms with Crippen LogP contribution in [0.4, 0.5) is 18.9 Å².